The fourth-order valence-electron chi connectivity index (χ4n) is 2.09. The molecule has 1 saturated carbocycles. The number of ketones is 1. The molecule has 0 spiro atoms. The molecule has 1 rings (SSSR count). The van der Waals surface area contributed by atoms with Gasteiger partial charge in [-0.15, -0.1) is 0 Å². The number of carbonyl (C=O) groups excluding carboxylic acids is 1. The summed E-state index contributed by atoms with van der Waals surface area (Å²) in [7, 11) is 0. The van der Waals surface area contributed by atoms with E-state index in [9.17, 15) is 4.79 Å². The van der Waals surface area contributed by atoms with E-state index in [1.807, 2.05) is 0 Å². The van der Waals surface area contributed by atoms with Gasteiger partial charge in [0.2, 0.25) is 0 Å². The third-order valence-corrected chi connectivity index (χ3v) is 2.91. The molecular formula is C11H16N2O. The van der Waals surface area contributed by atoms with Crippen LogP contribution < -0.4 is 0 Å². The van der Waals surface area contributed by atoms with Crippen molar-refractivity contribution in [2.24, 2.45) is 11.8 Å². The van der Waals surface area contributed by atoms with Crippen LogP contribution in [-0.2, 0) is 4.79 Å². The molecule has 0 unspecified atom stereocenters. The fourth-order valence-corrected chi connectivity index (χ4v) is 2.09. The quantitative estimate of drug-likeness (QED) is 0.286. The molecule has 0 aliphatic heterocycles. The Bertz CT molecular complexity index is 288. The van der Waals surface area contributed by atoms with Crippen LogP contribution in [0.15, 0.2) is 11.6 Å². The van der Waals surface area contributed by atoms with Gasteiger partial charge in [0, 0.05) is 0 Å². The minimum atomic E-state index is -0.219. The van der Waals surface area contributed by atoms with Crippen molar-refractivity contribution in [3.63, 3.8) is 0 Å². The average molecular weight is 192 g/mol. The van der Waals surface area contributed by atoms with Crippen molar-refractivity contribution < 1.29 is 9.58 Å². The second kappa shape index (κ2) is 4.87. The number of nitrogens with zero attached hydrogens (tertiary/aromatic N) is 2. The number of hydrogen-bond donors (Lipinski definition) is 0. The molecule has 0 amide bonds. The lowest BCUT2D eigenvalue weighted by Crippen LogP contribution is -2.16. The zero-order valence-electron chi connectivity index (χ0n) is 8.73. The number of rotatable bonds is 2. The molecule has 0 aromatic rings. The molecule has 14 heavy (non-hydrogen) atoms. The maximum Gasteiger partial charge on any atom is 0.327 e. The highest BCUT2D eigenvalue weighted by Gasteiger charge is 2.21. The van der Waals surface area contributed by atoms with Gasteiger partial charge in [0.15, 0.2) is 0 Å². The molecule has 0 aromatic heterocycles. The molecule has 76 valence electrons. The van der Waals surface area contributed by atoms with E-state index in [-0.39, 0.29) is 5.78 Å². The molecule has 0 bridgehead atoms. The highest BCUT2D eigenvalue weighted by molar-refractivity contribution is 6.30. The van der Waals surface area contributed by atoms with Gasteiger partial charge in [-0.1, -0.05) is 25.8 Å². The van der Waals surface area contributed by atoms with Crippen molar-refractivity contribution in [3.05, 3.63) is 17.2 Å². The van der Waals surface area contributed by atoms with Crippen molar-refractivity contribution in [1.82, 2.24) is 0 Å². The summed E-state index contributed by atoms with van der Waals surface area (Å²) in [4.78, 5) is 13.9. The second-order valence-corrected chi connectivity index (χ2v) is 4.02. The van der Waals surface area contributed by atoms with E-state index in [1.54, 1.807) is 6.08 Å². The summed E-state index contributed by atoms with van der Waals surface area (Å²) in [5.41, 5.74) is 9.41. The van der Waals surface area contributed by atoms with E-state index < -0.39 is 0 Å². The molecule has 2 atom stereocenters. The molecular weight excluding hydrogens is 176 g/mol. The molecule has 1 aliphatic carbocycles. The summed E-state index contributed by atoms with van der Waals surface area (Å²) in [5.74, 6) is 0.743. The van der Waals surface area contributed by atoms with E-state index in [2.05, 4.69) is 18.6 Å². The monoisotopic (exact) mass is 192 g/mol. The summed E-state index contributed by atoms with van der Waals surface area (Å²) < 4.78 is 0. The predicted molar refractivity (Wildman–Crippen MR) is 55.0 cm³/mol. The second-order valence-electron chi connectivity index (χ2n) is 4.02. The SMILES string of the molecule is C[C@H]1CCC[C@H](C)C1=CC(=O)C=[N+]=[N-]. The largest absolute Gasteiger partial charge is 0.361 e. The first kappa shape index (κ1) is 10.9. The normalized spacial score (nSPS) is 26.6. The molecule has 0 radical (unpaired) electrons. The summed E-state index contributed by atoms with van der Waals surface area (Å²) in [6.45, 7) is 4.29. The Balaban J connectivity index is 2.81. The molecule has 0 N–H and O–H groups in total. The van der Waals surface area contributed by atoms with Crippen LogP contribution in [0.3, 0.4) is 0 Å². The van der Waals surface area contributed by atoms with Crippen molar-refractivity contribution in [1.29, 1.82) is 0 Å². The van der Waals surface area contributed by atoms with E-state index >= 15 is 0 Å². The van der Waals surface area contributed by atoms with Crippen LogP contribution in [0.5, 0.6) is 0 Å². The average Bonchev–Trinajstić information content (AvgIpc) is 2.12. The van der Waals surface area contributed by atoms with Crippen LogP contribution in [0.4, 0.5) is 0 Å². The Morgan fingerprint density at radius 1 is 1.43 bits per heavy atom. The number of allylic oxidation sites excluding steroid dienone is 2. The Morgan fingerprint density at radius 2 is 2.00 bits per heavy atom. The molecule has 0 heterocycles. The Morgan fingerprint density at radius 3 is 2.50 bits per heavy atom. The van der Waals surface area contributed by atoms with Crippen molar-refractivity contribution in [2.75, 3.05) is 0 Å². The van der Waals surface area contributed by atoms with Gasteiger partial charge in [0.05, 0.1) is 0 Å². The maximum atomic E-state index is 11.2. The zero-order valence-corrected chi connectivity index (χ0v) is 8.73. The fraction of sp³-hybridized carbons (Fsp3) is 0.636. The first-order valence-electron chi connectivity index (χ1n) is 5.08. The topological polar surface area (TPSA) is 53.5 Å². The first-order chi connectivity index (χ1) is 6.65. The van der Waals surface area contributed by atoms with Gasteiger partial charge in [-0.3, -0.25) is 4.79 Å². The predicted octanol–water partition coefficient (Wildman–Crippen LogP) is 2.24. The van der Waals surface area contributed by atoms with Crippen LogP contribution >= 0.6 is 0 Å². The van der Waals surface area contributed by atoms with Gasteiger partial charge in [-0.25, -0.2) is 0 Å². The van der Waals surface area contributed by atoms with Crippen molar-refractivity contribution in [3.8, 4) is 0 Å². The highest BCUT2D eigenvalue weighted by atomic mass is 16.1. The number of carbonyl (C=O) groups is 1. The third kappa shape index (κ3) is 2.64. The van der Waals surface area contributed by atoms with Crippen LogP contribution in [0.1, 0.15) is 33.1 Å². The zero-order chi connectivity index (χ0) is 10.6. The van der Waals surface area contributed by atoms with Gasteiger partial charge < -0.3 is 5.53 Å². The minimum Gasteiger partial charge on any atom is -0.361 e. The highest BCUT2D eigenvalue weighted by Crippen LogP contribution is 2.33. The third-order valence-electron chi connectivity index (χ3n) is 2.91. The van der Waals surface area contributed by atoms with E-state index in [0.29, 0.717) is 11.8 Å². The standard InChI is InChI=1S/C11H16N2O/c1-8-4-3-5-9(2)11(8)6-10(14)7-13-12/h6-9H,3-5H2,1-2H3/t8-,9-/m0/s1. The van der Waals surface area contributed by atoms with Crippen LogP contribution in [0, 0.1) is 11.8 Å². The lowest BCUT2D eigenvalue weighted by molar-refractivity contribution is -0.112. The maximum absolute atomic E-state index is 11.2. The van der Waals surface area contributed by atoms with Gasteiger partial charge in [-0.05, 0) is 30.8 Å². The molecule has 3 nitrogen and oxygen atoms in total. The summed E-state index contributed by atoms with van der Waals surface area (Å²) in [6.07, 6.45) is 6.11. The molecule has 0 saturated heterocycles. The van der Waals surface area contributed by atoms with Crippen molar-refractivity contribution in [2.45, 2.75) is 33.1 Å². The smallest absolute Gasteiger partial charge is 0.327 e. The lowest BCUT2D eigenvalue weighted by Gasteiger charge is -2.27. The van der Waals surface area contributed by atoms with Gasteiger partial charge in [0.25, 0.3) is 5.78 Å². The summed E-state index contributed by atoms with van der Waals surface area (Å²) in [6, 6.07) is 0. The first-order valence-corrected chi connectivity index (χ1v) is 5.08. The molecule has 1 aliphatic rings. The summed E-state index contributed by atoms with van der Waals surface area (Å²) >= 11 is 0. The summed E-state index contributed by atoms with van der Waals surface area (Å²) in [5, 5.41) is 0. The Labute approximate surface area is 84.4 Å². The molecule has 3 heteroatoms. The number of hydrogen-bond acceptors (Lipinski definition) is 1. The molecule has 0 aromatic carbocycles. The lowest BCUT2D eigenvalue weighted by atomic mass is 9.78. The van der Waals surface area contributed by atoms with Crippen LogP contribution in [0.25, 0.3) is 5.53 Å². The van der Waals surface area contributed by atoms with E-state index in [1.165, 1.54) is 12.0 Å². The Hall–Kier alpha value is -1.21. The Kier molecular flexibility index (Phi) is 3.78. The van der Waals surface area contributed by atoms with Crippen molar-refractivity contribution >= 4 is 12.0 Å². The van der Waals surface area contributed by atoms with Crippen LogP contribution in [-0.4, -0.2) is 16.8 Å². The van der Waals surface area contributed by atoms with E-state index in [0.717, 1.165) is 19.1 Å². The van der Waals surface area contributed by atoms with Gasteiger partial charge >= 0.3 is 6.21 Å². The minimum absolute atomic E-state index is 0.219. The van der Waals surface area contributed by atoms with Gasteiger partial charge in [0.1, 0.15) is 0 Å². The van der Waals surface area contributed by atoms with Gasteiger partial charge in [-0.2, -0.15) is 4.79 Å². The molecule has 1 fully saturated rings. The van der Waals surface area contributed by atoms with Crippen LogP contribution in [0.2, 0.25) is 0 Å². The van der Waals surface area contributed by atoms with E-state index in [4.69, 9.17) is 5.53 Å².